The zero-order chi connectivity index (χ0) is 35.0. The van der Waals surface area contributed by atoms with Gasteiger partial charge in [-0.15, -0.1) is 0 Å². The molecule has 0 fully saturated rings. The maximum absolute atomic E-state index is 9.75. The van der Waals surface area contributed by atoms with Gasteiger partial charge in [-0.2, -0.15) is 26.3 Å². The molecule has 0 amide bonds. The van der Waals surface area contributed by atoms with Crippen LogP contribution >= 0.6 is 0 Å². The number of halogens is 8. The summed E-state index contributed by atoms with van der Waals surface area (Å²) in [6.07, 6.45) is 0. The molecule has 0 rings (SSSR count). The van der Waals surface area contributed by atoms with E-state index in [4.69, 9.17) is 26.3 Å². The Morgan fingerprint density at radius 1 is 0.333 bits per heavy atom. The van der Waals surface area contributed by atoms with Crippen molar-refractivity contribution in [3.05, 3.63) is 0 Å². The summed E-state index contributed by atoms with van der Waals surface area (Å²) in [5.41, 5.74) is -0.764. The fourth-order valence-corrected chi connectivity index (χ4v) is 0. The minimum Gasteiger partial charge on any atom is -0.418 e. The van der Waals surface area contributed by atoms with E-state index in [0.29, 0.717) is 0 Å². The molecule has 0 bridgehead atoms. The van der Waals surface area contributed by atoms with Crippen LogP contribution in [0.3, 0.4) is 0 Å². The number of nitriles is 5. The Bertz CT molecular complexity index is 684. The molecule has 0 heterocycles. The third-order valence-corrected chi connectivity index (χ3v) is 1.68. The first kappa shape index (κ1) is 63.0. The maximum atomic E-state index is 9.75. The quantitative estimate of drug-likeness (QED) is 0.181. The van der Waals surface area contributed by atoms with Gasteiger partial charge in [-0.05, 0) is 104 Å². The second-order valence-corrected chi connectivity index (χ2v) is 12.8. The molecule has 0 aromatic carbocycles. The number of hydrogen-bond acceptors (Lipinski definition) is 5. The second kappa shape index (κ2) is 27.4. The van der Waals surface area contributed by atoms with Crippen LogP contribution in [0.2, 0.25) is 0 Å². The van der Waals surface area contributed by atoms with E-state index in [1.54, 1.807) is 0 Å². The molecule has 2 N–H and O–H groups in total. The molecule has 0 spiro atoms. The Balaban J connectivity index is -0.0000000429. The summed E-state index contributed by atoms with van der Waals surface area (Å²) < 4.78 is 78.0. The fourth-order valence-electron chi connectivity index (χ4n) is 0. The summed E-state index contributed by atoms with van der Waals surface area (Å²) in [4.78, 5) is 0. The van der Waals surface area contributed by atoms with E-state index in [1.807, 2.05) is 104 Å². The summed E-state index contributed by atoms with van der Waals surface area (Å²) in [6.45, 7) is 28.2. The average Bonchev–Trinajstić information content (AvgIpc) is 2.64. The van der Waals surface area contributed by atoms with E-state index >= 15 is 0 Å². The van der Waals surface area contributed by atoms with Crippen molar-refractivity contribution in [1.82, 2.24) is 0 Å². The largest absolute Gasteiger partial charge is 2.00 e. The molecule has 0 aliphatic rings. The molecule has 6 nitrogen and oxygen atoms in total. The average molecular weight is 708 g/mol. The summed E-state index contributed by atoms with van der Waals surface area (Å²) in [6, 6.07) is 10.5. The first-order valence-electron chi connectivity index (χ1n) is 11.6. The molecule has 0 aromatic rings. The van der Waals surface area contributed by atoms with Crippen molar-refractivity contribution in [2.24, 2.45) is 27.1 Å². The standard InChI is InChI=1S/5C5H9N.2BF4.H2O.Ru/c5*1-5(2,3)4-6;2*2-1(3,4)5;;/h5*1-3H3;;;1H2;/q;;;;;2*-1;;+2. The summed E-state index contributed by atoms with van der Waals surface area (Å²) in [5, 5.41) is 40.8. The van der Waals surface area contributed by atoms with Crippen molar-refractivity contribution in [2.75, 3.05) is 0 Å². The van der Waals surface area contributed by atoms with Gasteiger partial charge >= 0.3 is 34.0 Å². The van der Waals surface area contributed by atoms with Gasteiger partial charge in [0.25, 0.3) is 0 Å². The third kappa shape index (κ3) is 317. The van der Waals surface area contributed by atoms with E-state index < -0.39 is 14.5 Å². The topological polar surface area (TPSA) is 150 Å². The molecule has 17 heteroatoms. The number of nitrogens with zero attached hydrogens (tertiary/aromatic N) is 5. The SMILES string of the molecule is CC(C)(C)C#N.CC(C)(C)C#N.CC(C)(C)C#N.CC(C)(C)C#N.CC(C)(C)C#N.F[B-](F)(F)F.F[B-](F)(F)F.O.[Ru+2]. The molecule has 0 unspecified atom stereocenters. The van der Waals surface area contributed by atoms with Crippen LogP contribution in [-0.2, 0) is 19.5 Å². The van der Waals surface area contributed by atoms with Crippen molar-refractivity contribution in [3.63, 3.8) is 0 Å². The first-order chi connectivity index (χ1) is 16.8. The van der Waals surface area contributed by atoms with Crippen molar-refractivity contribution < 1.29 is 59.5 Å². The molecule has 0 aliphatic heterocycles. The maximum Gasteiger partial charge on any atom is 2.00 e. The molecule has 0 radical (unpaired) electrons. The van der Waals surface area contributed by atoms with Crippen molar-refractivity contribution >= 4 is 14.5 Å². The van der Waals surface area contributed by atoms with Gasteiger partial charge in [0.05, 0.1) is 30.3 Å². The van der Waals surface area contributed by atoms with Crippen LogP contribution < -0.4 is 0 Å². The summed E-state index contributed by atoms with van der Waals surface area (Å²) >= 11 is 0. The molecule has 0 saturated carbocycles. The van der Waals surface area contributed by atoms with Gasteiger partial charge in [-0.3, -0.25) is 0 Å². The fraction of sp³-hybridized carbons (Fsp3) is 0.800. The molecule has 0 saturated heterocycles. The minimum absolute atomic E-state index is 0. The molecular weight excluding hydrogens is 661 g/mol. The molecular formula is C25H47B2F8N5ORu. The molecule has 0 aliphatic carbocycles. The van der Waals surface area contributed by atoms with Crippen LogP contribution in [0.1, 0.15) is 104 Å². The third-order valence-electron chi connectivity index (χ3n) is 1.68. The zero-order valence-electron chi connectivity index (χ0n) is 27.3. The van der Waals surface area contributed by atoms with Crippen LogP contribution in [0.5, 0.6) is 0 Å². The van der Waals surface area contributed by atoms with Gasteiger partial charge in [0.1, 0.15) is 0 Å². The Morgan fingerprint density at radius 3 is 0.357 bits per heavy atom. The Hall–Kier alpha value is -2.40. The predicted molar refractivity (Wildman–Crippen MR) is 149 cm³/mol. The Kier molecular flexibility index (Phi) is 41.2. The van der Waals surface area contributed by atoms with E-state index in [0.717, 1.165) is 0 Å². The van der Waals surface area contributed by atoms with Gasteiger partial charge in [-0.25, -0.2) is 0 Å². The van der Waals surface area contributed by atoms with Gasteiger partial charge in [0.2, 0.25) is 0 Å². The van der Waals surface area contributed by atoms with Crippen molar-refractivity contribution in [2.45, 2.75) is 104 Å². The molecule has 0 atom stereocenters. The van der Waals surface area contributed by atoms with Crippen LogP contribution in [-0.4, -0.2) is 20.0 Å². The molecule has 248 valence electrons. The second-order valence-electron chi connectivity index (χ2n) is 12.8. The predicted octanol–water partition coefficient (Wildman–Crippen LogP) is 9.55. The van der Waals surface area contributed by atoms with Crippen molar-refractivity contribution in [3.8, 4) is 30.3 Å². The Morgan fingerprint density at radius 2 is 0.357 bits per heavy atom. The minimum atomic E-state index is -6.00. The van der Waals surface area contributed by atoms with Gasteiger partial charge in [0.15, 0.2) is 0 Å². The molecule has 42 heavy (non-hydrogen) atoms. The number of hydrogen-bond donors (Lipinski definition) is 0. The van der Waals surface area contributed by atoms with Crippen LogP contribution in [0, 0.1) is 83.7 Å². The van der Waals surface area contributed by atoms with E-state index in [1.165, 1.54) is 0 Å². The van der Waals surface area contributed by atoms with Crippen LogP contribution in [0.25, 0.3) is 0 Å². The normalized spacial score (nSPS) is 10.2. The molecule has 0 aromatic heterocycles. The van der Waals surface area contributed by atoms with Crippen molar-refractivity contribution in [1.29, 1.82) is 26.3 Å². The monoisotopic (exact) mass is 709 g/mol. The Labute approximate surface area is 261 Å². The smallest absolute Gasteiger partial charge is 0.418 e. The first-order valence-corrected chi connectivity index (χ1v) is 11.6. The van der Waals surface area contributed by atoms with Gasteiger partial charge < -0.3 is 40.0 Å². The summed E-state index contributed by atoms with van der Waals surface area (Å²) in [7, 11) is -12.0. The van der Waals surface area contributed by atoms with E-state index in [-0.39, 0.29) is 52.0 Å². The van der Waals surface area contributed by atoms with Crippen LogP contribution in [0.4, 0.5) is 34.5 Å². The van der Waals surface area contributed by atoms with Gasteiger partial charge in [-0.1, -0.05) is 0 Å². The zero-order valence-corrected chi connectivity index (χ0v) is 29.0. The van der Waals surface area contributed by atoms with Gasteiger partial charge in [0, 0.05) is 27.1 Å². The van der Waals surface area contributed by atoms with Crippen LogP contribution in [0.15, 0.2) is 0 Å². The summed E-state index contributed by atoms with van der Waals surface area (Å²) in [5.74, 6) is 0. The number of rotatable bonds is 0. The van der Waals surface area contributed by atoms with E-state index in [9.17, 15) is 34.5 Å². The van der Waals surface area contributed by atoms with E-state index in [2.05, 4.69) is 30.3 Å².